The van der Waals surface area contributed by atoms with Gasteiger partial charge in [0, 0.05) is 10.4 Å². The zero-order valence-electron chi connectivity index (χ0n) is 16.9. The van der Waals surface area contributed by atoms with E-state index in [9.17, 15) is 14.7 Å². The van der Waals surface area contributed by atoms with Gasteiger partial charge in [0.05, 0.1) is 17.5 Å². The smallest absolute Gasteiger partial charge is 0.307 e. The van der Waals surface area contributed by atoms with E-state index in [2.05, 4.69) is 48.4 Å². The van der Waals surface area contributed by atoms with Crippen LogP contribution in [0.4, 0.5) is 5.13 Å². The first-order valence-corrected chi connectivity index (χ1v) is 10.9. The summed E-state index contributed by atoms with van der Waals surface area (Å²) in [6.07, 6.45) is 5.73. The molecule has 2 aliphatic carbocycles. The van der Waals surface area contributed by atoms with E-state index in [1.54, 1.807) is 0 Å². The number of hydrogen-bond acceptors (Lipinski definition) is 4. The van der Waals surface area contributed by atoms with Gasteiger partial charge in [0.15, 0.2) is 5.13 Å². The number of benzene rings is 1. The molecule has 1 heterocycles. The van der Waals surface area contributed by atoms with Crippen molar-refractivity contribution in [1.29, 1.82) is 0 Å². The molecule has 4 atom stereocenters. The Bertz CT molecular complexity index is 961. The lowest BCUT2D eigenvalue weighted by molar-refractivity contribution is -0.146. The molecule has 2 bridgehead atoms. The summed E-state index contributed by atoms with van der Waals surface area (Å²) in [5.74, 6) is -1.70. The summed E-state index contributed by atoms with van der Waals surface area (Å²) in [6.45, 7) is 6.40. The summed E-state index contributed by atoms with van der Waals surface area (Å²) in [7, 11) is 0. The second-order valence-electron chi connectivity index (χ2n) is 8.55. The van der Waals surface area contributed by atoms with Crippen molar-refractivity contribution < 1.29 is 14.7 Å². The summed E-state index contributed by atoms with van der Waals surface area (Å²) in [4.78, 5) is 30.2. The van der Waals surface area contributed by atoms with E-state index in [0.717, 1.165) is 29.0 Å². The van der Waals surface area contributed by atoms with Crippen LogP contribution in [0.2, 0.25) is 0 Å². The number of aromatic nitrogens is 1. The Morgan fingerprint density at radius 3 is 2.45 bits per heavy atom. The summed E-state index contributed by atoms with van der Waals surface area (Å²) < 4.78 is 0. The third kappa shape index (κ3) is 3.86. The minimum Gasteiger partial charge on any atom is -0.481 e. The van der Waals surface area contributed by atoms with Crippen LogP contribution in [0, 0.1) is 36.5 Å². The van der Waals surface area contributed by atoms with Crippen LogP contribution in [0.25, 0.3) is 11.3 Å². The Kier molecular flexibility index (Phi) is 5.30. The highest BCUT2D eigenvalue weighted by molar-refractivity contribution is 7.16. The number of aryl methyl sites for hydroxylation is 1. The van der Waals surface area contributed by atoms with Crippen molar-refractivity contribution in [3.63, 3.8) is 0 Å². The maximum absolute atomic E-state index is 12.9. The topological polar surface area (TPSA) is 79.3 Å². The van der Waals surface area contributed by atoms with E-state index in [0.29, 0.717) is 11.0 Å². The Morgan fingerprint density at radius 2 is 1.83 bits per heavy atom. The van der Waals surface area contributed by atoms with Gasteiger partial charge in [-0.25, -0.2) is 4.98 Å². The molecule has 2 aromatic rings. The van der Waals surface area contributed by atoms with Crippen LogP contribution in [-0.2, 0) is 16.0 Å². The van der Waals surface area contributed by atoms with Gasteiger partial charge in [0.25, 0.3) is 0 Å². The number of nitrogens with one attached hydrogen (secondary N) is 1. The SMILES string of the molecule is Cc1sc(NC(=O)C2C3C=CC(C3)C2C(=O)O)nc1-c1ccc(CC(C)C)cc1. The standard InChI is InChI=1S/C23H26N2O3S/c1-12(2)10-14-4-6-15(7-5-14)20-13(3)29-23(24-20)25-21(26)18-16-8-9-17(11-16)19(18)22(27)28/h4-9,12,16-19H,10-11H2,1-3H3,(H,27,28)(H,24,25,26). The summed E-state index contributed by atoms with van der Waals surface area (Å²) in [6, 6.07) is 8.41. The van der Waals surface area contributed by atoms with Crippen molar-refractivity contribution in [3.05, 3.63) is 46.9 Å². The average Bonchev–Trinajstić information content (AvgIpc) is 3.36. The molecule has 152 valence electrons. The lowest BCUT2D eigenvalue weighted by atomic mass is 9.82. The molecule has 0 aliphatic heterocycles. The number of anilines is 1. The number of fused-ring (bicyclic) bond motifs is 2. The van der Waals surface area contributed by atoms with Crippen LogP contribution in [-0.4, -0.2) is 22.0 Å². The minimum atomic E-state index is -0.889. The lowest BCUT2D eigenvalue weighted by Crippen LogP contribution is -2.36. The number of carboxylic acids is 1. The van der Waals surface area contributed by atoms with Gasteiger partial charge in [-0.3, -0.25) is 9.59 Å². The maximum atomic E-state index is 12.9. The van der Waals surface area contributed by atoms with Crippen molar-refractivity contribution in [3.8, 4) is 11.3 Å². The highest BCUT2D eigenvalue weighted by atomic mass is 32.1. The molecular weight excluding hydrogens is 384 g/mol. The first-order valence-electron chi connectivity index (χ1n) is 10.1. The van der Waals surface area contributed by atoms with Crippen LogP contribution >= 0.6 is 11.3 Å². The Labute approximate surface area is 174 Å². The van der Waals surface area contributed by atoms with Gasteiger partial charge in [0.2, 0.25) is 5.91 Å². The fraction of sp³-hybridized carbons (Fsp3) is 0.435. The van der Waals surface area contributed by atoms with Crippen molar-refractivity contribution >= 4 is 28.3 Å². The fourth-order valence-electron chi connectivity index (χ4n) is 4.69. The van der Waals surface area contributed by atoms with Gasteiger partial charge in [-0.2, -0.15) is 0 Å². The summed E-state index contributed by atoms with van der Waals surface area (Å²) in [5.41, 5.74) is 3.19. The molecule has 1 aromatic heterocycles. The molecule has 6 heteroatoms. The van der Waals surface area contributed by atoms with Crippen LogP contribution in [0.1, 0.15) is 30.7 Å². The molecule has 4 unspecified atom stereocenters. The van der Waals surface area contributed by atoms with E-state index < -0.39 is 17.8 Å². The van der Waals surface area contributed by atoms with Gasteiger partial charge in [-0.1, -0.05) is 50.3 Å². The van der Waals surface area contributed by atoms with E-state index in [4.69, 9.17) is 0 Å². The van der Waals surface area contributed by atoms with E-state index >= 15 is 0 Å². The number of carboxylic acid groups (broad SMARTS) is 1. The number of allylic oxidation sites excluding steroid dienone is 2. The van der Waals surface area contributed by atoms with Crippen molar-refractivity contribution in [2.45, 2.75) is 33.6 Å². The maximum Gasteiger partial charge on any atom is 0.307 e. The zero-order valence-corrected chi connectivity index (χ0v) is 17.7. The largest absolute Gasteiger partial charge is 0.481 e. The van der Waals surface area contributed by atoms with E-state index in [1.165, 1.54) is 16.9 Å². The molecule has 1 saturated carbocycles. The average molecular weight is 411 g/mol. The predicted molar refractivity (Wildman–Crippen MR) is 115 cm³/mol. The van der Waals surface area contributed by atoms with Crippen LogP contribution < -0.4 is 5.32 Å². The lowest BCUT2D eigenvalue weighted by Gasteiger charge is -2.23. The van der Waals surface area contributed by atoms with Gasteiger partial charge >= 0.3 is 5.97 Å². The number of hydrogen-bond donors (Lipinski definition) is 2. The number of nitrogens with zero attached hydrogens (tertiary/aromatic N) is 1. The highest BCUT2D eigenvalue weighted by Crippen LogP contribution is 2.48. The minimum absolute atomic E-state index is 0.00938. The van der Waals surface area contributed by atoms with E-state index in [1.807, 2.05) is 19.1 Å². The Balaban J connectivity index is 1.50. The molecule has 2 aliphatic rings. The van der Waals surface area contributed by atoms with E-state index in [-0.39, 0.29) is 17.7 Å². The van der Waals surface area contributed by atoms with Gasteiger partial charge < -0.3 is 10.4 Å². The molecule has 1 amide bonds. The van der Waals surface area contributed by atoms with Crippen molar-refractivity contribution in [2.75, 3.05) is 5.32 Å². The summed E-state index contributed by atoms with van der Waals surface area (Å²) >= 11 is 1.43. The summed E-state index contributed by atoms with van der Waals surface area (Å²) in [5, 5.41) is 13.0. The van der Waals surface area contributed by atoms with Gasteiger partial charge in [-0.15, -0.1) is 11.3 Å². The predicted octanol–water partition coefficient (Wildman–Crippen LogP) is 4.78. The number of aliphatic carboxylic acids is 1. The number of carbonyl (C=O) groups excluding carboxylic acids is 1. The van der Waals surface area contributed by atoms with Crippen LogP contribution in [0.5, 0.6) is 0 Å². The quantitative estimate of drug-likeness (QED) is 0.672. The van der Waals surface area contributed by atoms with Crippen molar-refractivity contribution in [2.24, 2.45) is 29.6 Å². The first kappa shape index (κ1) is 19.8. The third-order valence-corrected chi connectivity index (χ3v) is 6.83. The second kappa shape index (κ2) is 7.75. The molecular formula is C23H26N2O3S. The molecule has 2 N–H and O–H groups in total. The number of carbonyl (C=O) groups is 2. The highest BCUT2D eigenvalue weighted by Gasteiger charge is 2.51. The Hall–Kier alpha value is -2.47. The van der Waals surface area contributed by atoms with Crippen molar-refractivity contribution in [1.82, 2.24) is 4.98 Å². The molecule has 0 spiro atoms. The monoisotopic (exact) mass is 410 g/mol. The first-order chi connectivity index (χ1) is 13.8. The van der Waals surface area contributed by atoms with Crippen LogP contribution in [0.15, 0.2) is 36.4 Å². The molecule has 4 rings (SSSR count). The number of thiazole rings is 1. The number of amides is 1. The molecule has 5 nitrogen and oxygen atoms in total. The zero-order chi connectivity index (χ0) is 20.7. The Morgan fingerprint density at radius 1 is 1.17 bits per heavy atom. The molecule has 0 saturated heterocycles. The molecule has 29 heavy (non-hydrogen) atoms. The molecule has 0 radical (unpaired) electrons. The number of rotatable bonds is 6. The van der Waals surface area contributed by atoms with Gasteiger partial charge in [0.1, 0.15) is 0 Å². The third-order valence-electron chi connectivity index (χ3n) is 5.95. The fourth-order valence-corrected chi connectivity index (χ4v) is 5.53. The van der Waals surface area contributed by atoms with Gasteiger partial charge in [-0.05, 0) is 43.1 Å². The second-order valence-corrected chi connectivity index (χ2v) is 9.75. The normalized spacial score (nSPS) is 25.0. The van der Waals surface area contributed by atoms with Crippen LogP contribution in [0.3, 0.4) is 0 Å². The molecule has 1 aromatic carbocycles. The molecule has 1 fully saturated rings.